The molecule has 1 saturated carbocycles. The molecule has 2 nitrogen and oxygen atoms in total. The summed E-state index contributed by atoms with van der Waals surface area (Å²) < 4.78 is 0. The highest BCUT2D eigenvalue weighted by molar-refractivity contribution is 4.76. The van der Waals surface area contributed by atoms with Gasteiger partial charge in [-0.05, 0) is 38.5 Å². The van der Waals surface area contributed by atoms with Crippen molar-refractivity contribution in [2.75, 3.05) is 0 Å². The minimum atomic E-state index is -0.185. The lowest BCUT2D eigenvalue weighted by Crippen LogP contribution is -2.32. The van der Waals surface area contributed by atoms with Crippen LogP contribution in [0.1, 0.15) is 73.1 Å². The maximum atomic E-state index is 5.64. The van der Waals surface area contributed by atoms with Gasteiger partial charge in [0, 0.05) is 0 Å². The molecule has 96 valence electrons. The number of hydrogen-bond donors (Lipinski definition) is 0. The lowest BCUT2D eigenvalue weighted by Gasteiger charge is -2.33. The van der Waals surface area contributed by atoms with Crippen molar-refractivity contribution in [1.82, 2.24) is 0 Å². The predicted molar refractivity (Wildman–Crippen MR) is 67.2 cm³/mol. The zero-order chi connectivity index (χ0) is 12.2. The van der Waals surface area contributed by atoms with Gasteiger partial charge in [0.15, 0.2) is 0 Å². The molecule has 16 heavy (non-hydrogen) atoms. The van der Waals surface area contributed by atoms with Gasteiger partial charge in [-0.3, -0.25) is 0 Å². The van der Waals surface area contributed by atoms with E-state index in [2.05, 4.69) is 34.6 Å². The Labute approximate surface area is 101 Å². The van der Waals surface area contributed by atoms with Crippen molar-refractivity contribution in [3.63, 3.8) is 0 Å². The fourth-order valence-electron chi connectivity index (χ4n) is 2.67. The molecule has 0 aliphatic heterocycles. The molecule has 1 aliphatic rings. The molecule has 0 amide bonds. The van der Waals surface area contributed by atoms with Crippen LogP contribution in [0, 0.1) is 5.41 Å². The second-order valence-corrected chi connectivity index (χ2v) is 6.94. The fraction of sp³-hybridized carbons (Fsp3) is 1.00. The third-order valence-electron chi connectivity index (χ3n) is 2.92. The van der Waals surface area contributed by atoms with E-state index in [0.29, 0.717) is 6.10 Å². The second-order valence-electron chi connectivity index (χ2n) is 6.94. The second kappa shape index (κ2) is 5.50. The molecule has 0 unspecified atom stereocenters. The van der Waals surface area contributed by atoms with E-state index >= 15 is 0 Å². The summed E-state index contributed by atoms with van der Waals surface area (Å²) in [5.41, 5.74) is 0.0924. The molecule has 0 spiro atoms. The van der Waals surface area contributed by atoms with Gasteiger partial charge in [0.25, 0.3) is 0 Å². The van der Waals surface area contributed by atoms with Crippen LogP contribution in [-0.2, 0) is 9.78 Å². The van der Waals surface area contributed by atoms with Crippen LogP contribution < -0.4 is 0 Å². The summed E-state index contributed by atoms with van der Waals surface area (Å²) in [5.74, 6) is 0. The van der Waals surface area contributed by atoms with Crippen LogP contribution >= 0.6 is 0 Å². The first-order chi connectivity index (χ1) is 7.29. The Balaban J connectivity index is 2.29. The van der Waals surface area contributed by atoms with Crippen LogP contribution in [0.2, 0.25) is 0 Å². The molecule has 0 radical (unpaired) electrons. The Kier molecular flexibility index (Phi) is 4.81. The molecule has 1 aliphatic carbocycles. The monoisotopic (exact) mass is 228 g/mol. The minimum Gasteiger partial charge on any atom is -0.233 e. The Morgan fingerprint density at radius 1 is 0.938 bits per heavy atom. The van der Waals surface area contributed by atoms with E-state index < -0.39 is 0 Å². The summed E-state index contributed by atoms with van der Waals surface area (Å²) in [4.78, 5) is 11.2. The number of rotatable bonds is 4. The molecule has 2 heteroatoms. The van der Waals surface area contributed by atoms with Crippen LogP contribution in [0.4, 0.5) is 0 Å². The van der Waals surface area contributed by atoms with Gasteiger partial charge in [0.2, 0.25) is 0 Å². The SMILES string of the molecule is CC(C)(C)CC(C)(C)OOC1CCCCC1. The fourth-order valence-corrected chi connectivity index (χ4v) is 2.67. The van der Waals surface area contributed by atoms with Gasteiger partial charge in [0.05, 0.1) is 11.7 Å². The summed E-state index contributed by atoms with van der Waals surface area (Å²) in [5, 5.41) is 0. The van der Waals surface area contributed by atoms with Crippen molar-refractivity contribution < 1.29 is 9.78 Å². The van der Waals surface area contributed by atoms with Crippen LogP contribution in [0.5, 0.6) is 0 Å². The normalized spacial score (nSPS) is 20.1. The van der Waals surface area contributed by atoms with Crippen LogP contribution in [0.25, 0.3) is 0 Å². The molecule has 0 aromatic carbocycles. The molecule has 0 aromatic heterocycles. The Morgan fingerprint density at radius 2 is 1.50 bits per heavy atom. The first-order valence-electron chi connectivity index (χ1n) is 6.63. The first kappa shape index (κ1) is 14.0. The van der Waals surface area contributed by atoms with Crippen LogP contribution in [-0.4, -0.2) is 11.7 Å². The quantitative estimate of drug-likeness (QED) is 0.521. The zero-order valence-electron chi connectivity index (χ0n) is 11.6. The topological polar surface area (TPSA) is 18.5 Å². The molecular weight excluding hydrogens is 200 g/mol. The van der Waals surface area contributed by atoms with Gasteiger partial charge in [0.1, 0.15) is 0 Å². The molecule has 0 aromatic rings. The van der Waals surface area contributed by atoms with Crippen LogP contribution in [0.3, 0.4) is 0 Å². The summed E-state index contributed by atoms with van der Waals surface area (Å²) >= 11 is 0. The van der Waals surface area contributed by atoms with Crippen LogP contribution in [0.15, 0.2) is 0 Å². The molecule has 0 bridgehead atoms. The lowest BCUT2D eigenvalue weighted by molar-refractivity contribution is -0.384. The maximum absolute atomic E-state index is 5.64. The van der Waals surface area contributed by atoms with Gasteiger partial charge in [-0.25, -0.2) is 9.78 Å². The van der Waals surface area contributed by atoms with E-state index in [4.69, 9.17) is 9.78 Å². The van der Waals surface area contributed by atoms with E-state index in [9.17, 15) is 0 Å². The van der Waals surface area contributed by atoms with Gasteiger partial charge in [-0.15, -0.1) is 0 Å². The number of hydrogen-bond acceptors (Lipinski definition) is 2. The first-order valence-corrected chi connectivity index (χ1v) is 6.63. The standard InChI is InChI=1S/C14H28O2/c1-13(2,3)11-14(4,5)16-15-12-9-7-6-8-10-12/h12H,6-11H2,1-5H3. The molecular formula is C14H28O2. The van der Waals surface area contributed by atoms with E-state index in [1.165, 1.54) is 19.3 Å². The largest absolute Gasteiger partial charge is 0.233 e. The molecule has 0 heterocycles. The third-order valence-corrected chi connectivity index (χ3v) is 2.92. The van der Waals surface area contributed by atoms with E-state index in [-0.39, 0.29) is 11.0 Å². The van der Waals surface area contributed by atoms with Crippen molar-refractivity contribution >= 4 is 0 Å². The average molecular weight is 228 g/mol. The average Bonchev–Trinajstić information content (AvgIpc) is 2.13. The molecule has 0 saturated heterocycles. The van der Waals surface area contributed by atoms with Crippen molar-refractivity contribution in [3.05, 3.63) is 0 Å². The Morgan fingerprint density at radius 3 is 2.00 bits per heavy atom. The third kappa shape index (κ3) is 5.86. The highest BCUT2D eigenvalue weighted by Crippen LogP contribution is 2.31. The summed E-state index contributed by atoms with van der Waals surface area (Å²) in [6, 6.07) is 0. The van der Waals surface area contributed by atoms with Crippen molar-refractivity contribution in [2.24, 2.45) is 5.41 Å². The van der Waals surface area contributed by atoms with Gasteiger partial charge in [-0.1, -0.05) is 40.0 Å². The molecule has 1 rings (SSSR count). The van der Waals surface area contributed by atoms with E-state index in [1.807, 2.05) is 0 Å². The molecule has 1 fully saturated rings. The summed E-state index contributed by atoms with van der Waals surface area (Å²) in [6.45, 7) is 10.9. The van der Waals surface area contributed by atoms with Crippen molar-refractivity contribution in [1.29, 1.82) is 0 Å². The Bertz CT molecular complexity index is 197. The predicted octanol–water partition coefficient (Wildman–Crippen LogP) is 4.48. The van der Waals surface area contributed by atoms with E-state index in [0.717, 1.165) is 19.3 Å². The summed E-state index contributed by atoms with van der Waals surface area (Å²) in [6.07, 6.45) is 7.57. The van der Waals surface area contributed by atoms with Gasteiger partial charge >= 0.3 is 0 Å². The molecule has 0 atom stereocenters. The van der Waals surface area contributed by atoms with Crippen molar-refractivity contribution in [2.45, 2.75) is 84.8 Å². The minimum absolute atomic E-state index is 0.185. The molecule has 0 N–H and O–H groups in total. The Hall–Kier alpha value is -0.0800. The summed E-state index contributed by atoms with van der Waals surface area (Å²) in [7, 11) is 0. The van der Waals surface area contributed by atoms with Crippen molar-refractivity contribution in [3.8, 4) is 0 Å². The maximum Gasteiger partial charge on any atom is 0.0985 e. The lowest BCUT2D eigenvalue weighted by atomic mass is 9.84. The smallest absolute Gasteiger partial charge is 0.0985 e. The van der Waals surface area contributed by atoms with E-state index in [1.54, 1.807) is 0 Å². The highest BCUT2D eigenvalue weighted by Gasteiger charge is 2.28. The van der Waals surface area contributed by atoms with Gasteiger partial charge in [-0.2, -0.15) is 0 Å². The zero-order valence-corrected chi connectivity index (χ0v) is 11.6. The highest BCUT2D eigenvalue weighted by atomic mass is 17.2. The van der Waals surface area contributed by atoms with Gasteiger partial charge < -0.3 is 0 Å².